The van der Waals surface area contributed by atoms with Crippen molar-refractivity contribution in [2.45, 2.75) is 11.4 Å². The van der Waals surface area contributed by atoms with Gasteiger partial charge in [0.2, 0.25) is 10.0 Å². The van der Waals surface area contributed by atoms with E-state index in [1.807, 2.05) is 0 Å². The van der Waals surface area contributed by atoms with Crippen molar-refractivity contribution in [1.29, 1.82) is 0 Å². The third kappa shape index (κ3) is 3.29. The molecule has 0 heterocycles. The van der Waals surface area contributed by atoms with Gasteiger partial charge in [0.05, 0.1) is 4.92 Å². The van der Waals surface area contributed by atoms with E-state index in [1.165, 1.54) is 43.4 Å². The van der Waals surface area contributed by atoms with Gasteiger partial charge in [-0.1, -0.05) is 24.3 Å². The zero-order valence-electron chi connectivity index (χ0n) is 11.6. The smallest absolute Gasteiger partial charge is 0.258 e. The van der Waals surface area contributed by atoms with Crippen molar-refractivity contribution in [3.63, 3.8) is 0 Å². The van der Waals surface area contributed by atoms with Gasteiger partial charge in [-0.2, -0.15) is 4.31 Å². The first-order valence-electron chi connectivity index (χ1n) is 6.26. The molecule has 8 heteroatoms. The van der Waals surface area contributed by atoms with Crippen LogP contribution >= 0.6 is 0 Å². The van der Waals surface area contributed by atoms with Crippen LogP contribution in [0, 0.1) is 15.9 Å². The number of para-hydroxylation sites is 1. The Labute approximate surface area is 127 Å². The molecule has 0 aliphatic carbocycles. The van der Waals surface area contributed by atoms with Crippen LogP contribution in [0.4, 0.5) is 10.1 Å². The van der Waals surface area contributed by atoms with Gasteiger partial charge in [0.25, 0.3) is 5.69 Å². The first-order chi connectivity index (χ1) is 10.3. The molecular formula is C14H13FN2O4S. The monoisotopic (exact) mass is 324 g/mol. The summed E-state index contributed by atoms with van der Waals surface area (Å²) in [6, 6.07) is 10.6. The van der Waals surface area contributed by atoms with Gasteiger partial charge in [0.15, 0.2) is 4.90 Å². The first-order valence-corrected chi connectivity index (χ1v) is 7.70. The van der Waals surface area contributed by atoms with Gasteiger partial charge in [-0.3, -0.25) is 10.1 Å². The topological polar surface area (TPSA) is 80.5 Å². The Bertz CT molecular complexity index is 808. The Hall–Kier alpha value is -2.32. The standard InChI is InChI=1S/C14H13FN2O4S/c1-16(10-11-5-4-6-12(15)9-11)22(20,21)14-8-3-2-7-13(14)17(18)19/h2-9H,10H2,1H3. The lowest BCUT2D eigenvalue weighted by atomic mass is 10.2. The molecule has 116 valence electrons. The number of nitrogens with zero attached hydrogens (tertiary/aromatic N) is 2. The third-order valence-corrected chi connectivity index (χ3v) is 4.90. The van der Waals surface area contributed by atoms with E-state index in [2.05, 4.69) is 0 Å². The number of sulfonamides is 1. The van der Waals surface area contributed by atoms with E-state index in [0.717, 1.165) is 10.4 Å². The molecule has 0 saturated carbocycles. The van der Waals surface area contributed by atoms with Crippen LogP contribution in [-0.2, 0) is 16.6 Å². The molecule has 0 atom stereocenters. The second-order valence-corrected chi connectivity index (χ2v) is 6.63. The second kappa shape index (κ2) is 6.20. The Morgan fingerprint density at radius 2 is 1.86 bits per heavy atom. The minimum absolute atomic E-state index is 0.0911. The van der Waals surface area contributed by atoms with Crippen LogP contribution < -0.4 is 0 Å². The Morgan fingerprint density at radius 1 is 1.18 bits per heavy atom. The van der Waals surface area contributed by atoms with E-state index >= 15 is 0 Å². The average molecular weight is 324 g/mol. The normalized spacial score (nSPS) is 11.6. The number of halogens is 1. The van der Waals surface area contributed by atoms with Crippen LogP contribution in [0.3, 0.4) is 0 Å². The number of nitro benzene ring substituents is 1. The van der Waals surface area contributed by atoms with Crippen LogP contribution in [0.25, 0.3) is 0 Å². The number of nitro groups is 1. The van der Waals surface area contributed by atoms with E-state index < -0.39 is 26.5 Å². The molecule has 22 heavy (non-hydrogen) atoms. The lowest BCUT2D eigenvalue weighted by Gasteiger charge is -2.17. The summed E-state index contributed by atoms with van der Waals surface area (Å²) in [4.78, 5) is 9.83. The Balaban J connectivity index is 2.36. The summed E-state index contributed by atoms with van der Waals surface area (Å²) in [5, 5.41) is 11.0. The van der Waals surface area contributed by atoms with Gasteiger partial charge in [-0.05, 0) is 23.8 Å². The van der Waals surface area contributed by atoms with E-state index in [1.54, 1.807) is 6.07 Å². The maximum Gasteiger partial charge on any atom is 0.289 e. The first kappa shape index (κ1) is 16.1. The van der Waals surface area contributed by atoms with E-state index in [0.29, 0.717) is 5.56 Å². The molecule has 0 aliphatic rings. The van der Waals surface area contributed by atoms with E-state index in [-0.39, 0.29) is 11.4 Å². The van der Waals surface area contributed by atoms with Gasteiger partial charge in [-0.15, -0.1) is 0 Å². The van der Waals surface area contributed by atoms with Crippen molar-refractivity contribution in [3.05, 3.63) is 70.0 Å². The average Bonchev–Trinajstić information content (AvgIpc) is 2.47. The Morgan fingerprint density at radius 3 is 2.50 bits per heavy atom. The zero-order chi connectivity index (χ0) is 16.3. The SMILES string of the molecule is CN(Cc1cccc(F)c1)S(=O)(=O)c1ccccc1[N+](=O)[O-]. The molecule has 0 N–H and O–H groups in total. The molecule has 0 unspecified atom stereocenters. The molecular weight excluding hydrogens is 311 g/mol. The highest BCUT2D eigenvalue weighted by Gasteiger charge is 2.29. The summed E-state index contributed by atoms with van der Waals surface area (Å²) in [6.45, 7) is -0.0911. The molecule has 0 bridgehead atoms. The van der Waals surface area contributed by atoms with Gasteiger partial charge in [-0.25, -0.2) is 12.8 Å². The molecule has 0 fully saturated rings. The molecule has 2 aromatic rings. The number of benzene rings is 2. The predicted octanol–water partition coefficient (Wildman–Crippen LogP) is 2.55. The van der Waals surface area contributed by atoms with Crippen molar-refractivity contribution in [2.24, 2.45) is 0 Å². The Kier molecular flexibility index (Phi) is 4.53. The lowest BCUT2D eigenvalue weighted by Crippen LogP contribution is -2.27. The second-order valence-electron chi connectivity index (χ2n) is 4.62. The lowest BCUT2D eigenvalue weighted by molar-refractivity contribution is -0.387. The molecule has 2 aromatic carbocycles. The zero-order valence-corrected chi connectivity index (χ0v) is 12.5. The maximum atomic E-state index is 13.1. The fraction of sp³-hybridized carbons (Fsp3) is 0.143. The fourth-order valence-corrected chi connectivity index (χ4v) is 3.28. The van der Waals surface area contributed by atoms with Crippen LogP contribution in [0.5, 0.6) is 0 Å². The predicted molar refractivity (Wildman–Crippen MR) is 78.1 cm³/mol. The summed E-state index contributed by atoms with van der Waals surface area (Å²) < 4.78 is 39.0. The summed E-state index contributed by atoms with van der Waals surface area (Å²) in [5.74, 6) is -0.478. The van der Waals surface area contributed by atoms with Crippen LogP contribution in [0.15, 0.2) is 53.4 Å². The van der Waals surface area contributed by atoms with Crippen molar-refractivity contribution < 1.29 is 17.7 Å². The molecule has 0 spiro atoms. The van der Waals surface area contributed by atoms with Gasteiger partial charge >= 0.3 is 0 Å². The highest BCUT2D eigenvalue weighted by Crippen LogP contribution is 2.26. The highest BCUT2D eigenvalue weighted by molar-refractivity contribution is 7.89. The summed E-state index contributed by atoms with van der Waals surface area (Å²) in [7, 11) is -2.77. The number of rotatable bonds is 5. The molecule has 0 radical (unpaired) electrons. The van der Waals surface area contributed by atoms with Crippen molar-refractivity contribution in [3.8, 4) is 0 Å². The molecule has 2 rings (SSSR count). The maximum absolute atomic E-state index is 13.1. The van der Waals surface area contributed by atoms with Gasteiger partial charge in [0.1, 0.15) is 5.82 Å². The summed E-state index contributed by atoms with van der Waals surface area (Å²) >= 11 is 0. The van der Waals surface area contributed by atoms with Crippen molar-refractivity contribution in [2.75, 3.05) is 7.05 Å². The minimum Gasteiger partial charge on any atom is -0.258 e. The third-order valence-electron chi connectivity index (χ3n) is 3.04. The summed E-state index contributed by atoms with van der Waals surface area (Å²) in [5.41, 5.74) is -0.0433. The molecule has 6 nitrogen and oxygen atoms in total. The number of hydrogen-bond donors (Lipinski definition) is 0. The highest BCUT2D eigenvalue weighted by atomic mass is 32.2. The molecule has 0 aliphatic heterocycles. The van der Waals surface area contributed by atoms with Crippen LogP contribution in [0.1, 0.15) is 5.56 Å². The molecule has 0 amide bonds. The minimum atomic E-state index is -4.06. The van der Waals surface area contributed by atoms with E-state index in [9.17, 15) is 22.9 Å². The van der Waals surface area contributed by atoms with E-state index in [4.69, 9.17) is 0 Å². The van der Waals surface area contributed by atoms with Gasteiger partial charge in [0, 0.05) is 19.7 Å². The number of hydrogen-bond acceptors (Lipinski definition) is 4. The van der Waals surface area contributed by atoms with Gasteiger partial charge < -0.3 is 0 Å². The van der Waals surface area contributed by atoms with Crippen molar-refractivity contribution in [1.82, 2.24) is 4.31 Å². The largest absolute Gasteiger partial charge is 0.289 e. The quantitative estimate of drug-likeness (QED) is 0.625. The molecule has 0 saturated heterocycles. The molecule has 0 aromatic heterocycles. The summed E-state index contributed by atoms with van der Waals surface area (Å²) in [6.07, 6.45) is 0. The van der Waals surface area contributed by atoms with Crippen LogP contribution in [-0.4, -0.2) is 24.7 Å². The fourth-order valence-electron chi connectivity index (χ4n) is 1.97. The van der Waals surface area contributed by atoms with Crippen molar-refractivity contribution >= 4 is 15.7 Å². The van der Waals surface area contributed by atoms with Crippen LogP contribution in [0.2, 0.25) is 0 Å².